The molecule has 0 amide bonds. The summed E-state index contributed by atoms with van der Waals surface area (Å²) in [6.45, 7) is 3.60. The summed E-state index contributed by atoms with van der Waals surface area (Å²) in [5, 5.41) is 3.32. The maximum absolute atomic E-state index is 12.9. The average molecular weight is 308 g/mol. The van der Waals surface area contributed by atoms with Gasteiger partial charge < -0.3 is 5.32 Å². The van der Waals surface area contributed by atoms with Gasteiger partial charge in [-0.3, -0.25) is 0 Å². The molecule has 116 valence electrons. The molecule has 3 rings (SSSR count). The lowest BCUT2D eigenvalue weighted by molar-refractivity contribution is 0.342. The summed E-state index contributed by atoms with van der Waals surface area (Å²) >= 11 is 0. The minimum Gasteiger partial charge on any atom is -0.385 e. The van der Waals surface area contributed by atoms with Gasteiger partial charge in [0.15, 0.2) is 0 Å². The van der Waals surface area contributed by atoms with Crippen LogP contribution in [-0.2, 0) is 16.4 Å². The van der Waals surface area contributed by atoms with E-state index >= 15 is 0 Å². The number of benzene rings is 1. The van der Waals surface area contributed by atoms with Crippen molar-refractivity contribution in [2.24, 2.45) is 0 Å². The first kappa shape index (κ1) is 14.9. The second-order valence-corrected chi connectivity index (χ2v) is 8.05. The lowest BCUT2D eigenvalue weighted by atomic mass is 10.0. The zero-order chi connectivity index (χ0) is 14.9. The number of hydrogen-bond donors (Lipinski definition) is 1. The van der Waals surface area contributed by atoms with Crippen molar-refractivity contribution in [1.82, 2.24) is 4.31 Å². The fourth-order valence-electron chi connectivity index (χ4n) is 3.34. The van der Waals surface area contributed by atoms with Crippen LogP contribution >= 0.6 is 0 Å². The van der Waals surface area contributed by atoms with Crippen molar-refractivity contribution >= 4 is 15.7 Å². The lowest BCUT2D eigenvalue weighted by Crippen LogP contribution is -2.38. The molecular weight excluding hydrogens is 284 g/mol. The molecule has 1 atom stereocenters. The van der Waals surface area contributed by atoms with Gasteiger partial charge in [-0.05, 0) is 50.3 Å². The molecule has 1 aromatic carbocycles. The van der Waals surface area contributed by atoms with Crippen LogP contribution in [0.1, 0.15) is 44.6 Å². The number of rotatable bonds is 2. The first-order valence-corrected chi connectivity index (χ1v) is 9.42. The lowest BCUT2D eigenvalue weighted by Gasteiger charge is -2.27. The number of aryl methyl sites for hydroxylation is 1. The Balaban J connectivity index is 1.93. The van der Waals surface area contributed by atoms with E-state index in [1.165, 1.54) is 5.56 Å². The van der Waals surface area contributed by atoms with Gasteiger partial charge >= 0.3 is 0 Å². The summed E-state index contributed by atoms with van der Waals surface area (Å²) in [6.07, 6.45) is 6.32. The van der Waals surface area contributed by atoms with E-state index in [0.717, 1.165) is 50.8 Å². The largest absolute Gasteiger partial charge is 0.385 e. The summed E-state index contributed by atoms with van der Waals surface area (Å²) in [6, 6.07) is 5.67. The number of sulfonamides is 1. The molecule has 1 N–H and O–H groups in total. The maximum Gasteiger partial charge on any atom is 0.243 e. The van der Waals surface area contributed by atoms with Crippen LogP contribution in [0.2, 0.25) is 0 Å². The number of nitrogens with zero attached hydrogens (tertiary/aromatic N) is 1. The molecule has 1 fully saturated rings. The third-order valence-electron chi connectivity index (χ3n) is 4.62. The molecule has 2 aliphatic rings. The fourth-order valence-corrected chi connectivity index (χ4v) is 5.07. The highest BCUT2D eigenvalue weighted by atomic mass is 32.2. The van der Waals surface area contributed by atoms with E-state index < -0.39 is 10.0 Å². The van der Waals surface area contributed by atoms with Crippen molar-refractivity contribution in [3.8, 4) is 0 Å². The van der Waals surface area contributed by atoms with Crippen LogP contribution in [0.4, 0.5) is 5.69 Å². The molecule has 0 aromatic heterocycles. The Morgan fingerprint density at radius 2 is 2.05 bits per heavy atom. The molecule has 0 aliphatic carbocycles. The molecule has 2 aliphatic heterocycles. The second kappa shape index (κ2) is 5.97. The van der Waals surface area contributed by atoms with Gasteiger partial charge in [0.2, 0.25) is 10.0 Å². The molecule has 0 saturated carbocycles. The van der Waals surface area contributed by atoms with Crippen LogP contribution in [0.25, 0.3) is 0 Å². The van der Waals surface area contributed by atoms with E-state index in [0.29, 0.717) is 11.4 Å². The first-order valence-electron chi connectivity index (χ1n) is 7.98. The molecule has 0 bridgehead atoms. The zero-order valence-electron chi connectivity index (χ0n) is 12.6. The van der Waals surface area contributed by atoms with Crippen molar-refractivity contribution in [2.75, 3.05) is 18.4 Å². The number of fused-ring (bicyclic) bond motifs is 1. The Bertz CT molecular complexity index is 613. The van der Waals surface area contributed by atoms with E-state index in [9.17, 15) is 8.42 Å². The third kappa shape index (κ3) is 2.94. The van der Waals surface area contributed by atoms with Gasteiger partial charge in [-0.1, -0.05) is 18.9 Å². The van der Waals surface area contributed by atoms with Crippen molar-refractivity contribution < 1.29 is 8.42 Å². The van der Waals surface area contributed by atoms with Crippen LogP contribution < -0.4 is 5.32 Å². The van der Waals surface area contributed by atoms with Crippen LogP contribution in [0.3, 0.4) is 0 Å². The molecule has 0 spiro atoms. The SMILES string of the molecule is CC1CCCCCN1S(=O)(=O)c1ccc2c(c1)NCCC2. The first-order chi connectivity index (χ1) is 10.1. The number of nitrogens with one attached hydrogen (secondary N) is 1. The van der Waals surface area contributed by atoms with Crippen molar-refractivity contribution in [3.63, 3.8) is 0 Å². The monoisotopic (exact) mass is 308 g/mol. The summed E-state index contributed by atoms with van der Waals surface area (Å²) in [7, 11) is -3.37. The third-order valence-corrected chi connectivity index (χ3v) is 6.63. The fraction of sp³-hybridized carbons (Fsp3) is 0.625. The highest BCUT2D eigenvalue weighted by Gasteiger charge is 2.30. The molecule has 2 heterocycles. The highest BCUT2D eigenvalue weighted by Crippen LogP contribution is 2.29. The molecule has 1 saturated heterocycles. The van der Waals surface area contributed by atoms with Crippen LogP contribution in [0, 0.1) is 0 Å². The summed E-state index contributed by atoms with van der Waals surface area (Å²) in [5.41, 5.74) is 2.22. The standard InChI is InChI=1S/C16H24N2O2S/c1-13-6-3-2-4-11-18(13)21(19,20)15-9-8-14-7-5-10-17-16(14)12-15/h8-9,12-13,17H,2-7,10-11H2,1H3. The Labute approximate surface area is 127 Å². The van der Waals surface area contributed by atoms with Crippen molar-refractivity contribution in [1.29, 1.82) is 0 Å². The van der Waals surface area contributed by atoms with Crippen LogP contribution in [0.5, 0.6) is 0 Å². The molecule has 21 heavy (non-hydrogen) atoms. The Morgan fingerprint density at radius 3 is 2.90 bits per heavy atom. The van der Waals surface area contributed by atoms with E-state index in [-0.39, 0.29) is 6.04 Å². The number of anilines is 1. The summed E-state index contributed by atoms with van der Waals surface area (Å²) < 4.78 is 27.6. The predicted octanol–water partition coefficient (Wildman–Crippen LogP) is 3.00. The van der Waals surface area contributed by atoms with Gasteiger partial charge in [-0.15, -0.1) is 0 Å². The van der Waals surface area contributed by atoms with Gasteiger partial charge in [0.25, 0.3) is 0 Å². The van der Waals surface area contributed by atoms with Gasteiger partial charge in [-0.2, -0.15) is 4.31 Å². The Hall–Kier alpha value is -1.07. The maximum atomic E-state index is 12.9. The Morgan fingerprint density at radius 1 is 1.19 bits per heavy atom. The van der Waals surface area contributed by atoms with E-state index in [1.54, 1.807) is 10.4 Å². The molecule has 5 heteroatoms. The molecular formula is C16H24N2O2S. The minimum absolute atomic E-state index is 0.0986. The summed E-state index contributed by atoms with van der Waals surface area (Å²) in [4.78, 5) is 0.435. The highest BCUT2D eigenvalue weighted by molar-refractivity contribution is 7.89. The molecule has 1 aromatic rings. The minimum atomic E-state index is -3.37. The van der Waals surface area contributed by atoms with E-state index in [1.807, 2.05) is 19.1 Å². The van der Waals surface area contributed by atoms with E-state index in [4.69, 9.17) is 0 Å². The van der Waals surface area contributed by atoms with Crippen LogP contribution in [0.15, 0.2) is 23.1 Å². The van der Waals surface area contributed by atoms with E-state index in [2.05, 4.69) is 5.32 Å². The topological polar surface area (TPSA) is 49.4 Å². The quantitative estimate of drug-likeness (QED) is 0.913. The van der Waals surface area contributed by atoms with Gasteiger partial charge in [0, 0.05) is 24.8 Å². The van der Waals surface area contributed by atoms with Crippen molar-refractivity contribution in [3.05, 3.63) is 23.8 Å². The summed E-state index contributed by atoms with van der Waals surface area (Å²) in [5.74, 6) is 0. The average Bonchev–Trinajstić information content (AvgIpc) is 2.71. The number of hydrogen-bond acceptors (Lipinski definition) is 3. The van der Waals surface area contributed by atoms with Gasteiger partial charge in [-0.25, -0.2) is 8.42 Å². The van der Waals surface area contributed by atoms with Gasteiger partial charge in [0.1, 0.15) is 0 Å². The normalized spacial score (nSPS) is 24.0. The molecule has 1 unspecified atom stereocenters. The van der Waals surface area contributed by atoms with Crippen molar-refractivity contribution in [2.45, 2.75) is 56.4 Å². The van der Waals surface area contributed by atoms with Gasteiger partial charge in [0.05, 0.1) is 4.90 Å². The smallest absolute Gasteiger partial charge is 0.243 e. The van der Waals surface area contributed by atoms with Crippen LogP contribution in [-0.4, -0.2) is 31.9 Å². The molecule has 0 radical (unpaired) electrons. The molecule has 4 nitrogen and oxygen atoms in total. The zero-order valence-corrected chi connectivity index (χ0v) is 13.5. The predicted molar refractivity (Wildman–Crippen MR) is 85.1 cm³/mol. The second-order valence-electron chi connectivity index (χ2n) is 6.16. The Kier molecular flexibility index (Phi) is 4.22.